The fraction of sp³-hybridized carbons (Fsp3) is 0.560. The van der Waals surface area contributed by atoms with Crippen LogP contribution >= 0.6 is 11.3 Å². The summed E-state index contributed by atoms with van der Waals surface area (Å²) in [5.41, 5.74) is 0.811. The monoisotopic (exact) mass is 537 g/mol. The number of piperidine rings is 2. The maximum Gasteiger partial charge on any atom is 0.573 e. The molecule has 2 fully saturated rings. The molecule has 0 radical (unpaired) electrons. The molecule has 5 rings (SSSR count). The smallest absolute Gasteiger partial charge is 0.444 e. The second-order valence-electron chi connectivity index (χ2n) is 10.8. The molecule has 1 spiro atoms. The van der Waals surface area contributed by atoms with E-state index in [4.69, 9.17) is 4.74 Å². The summed E-state index contributed by atoms with van der Waals surface area (Å²) in [5.74, 6) is -0.283. The highest BCUT2D eigenvalue weighted by Gasteiger charge is 2.40. The van der Waals surface area contributed by atoms with Gasteiger partial charge in [-0.15, -0.1) is 18.3 Å². The molecular formula is C25H30F3N5O3S. The molecule has 3 aromatic rings. The van der Waals surface area contributed by atoms with Crippen LogP contribution in [0.3, 0.4) is 0 Å². The number of aromatic nitrogens is 3. The minimum Gasteiger partial charge on any atom is -0.444 e. The zero-order valence-electron chi connectivity index (χ0n) is 21.0. The van der Waals surface area contributed by atoms with Crippen LogP contribution in [0, 0.1) is 5.41 Å². The summed E-state index contributed by atoms with van der Waals surface area (Å²) in [5, 5.41) is 5.56. The molecule has 2 aromatic heterocycles. The average molecular weight is 538 g/mol. The molecule has 1 amide bonds. The first-order chi connectivity index (χ1) is 17.4. The summed E-state index contributed by atoms with van der Waals surface area (Å²) in [7, 11) is 0. The lowest BCUT2D eigenvalue weighted by atomic mass is 9.71. The number of fused-ring (bicyclic) bond motifs is 1. The van der Waals surface area contributed by atoms with Crippen molar-refractivity contribution in [2.75, 3.05) is 31.1 Å². The highest BCUT2D eigenvalue weighted by Crippen LogP contribution is 2.43. The lowest BCUT2D eigenvalue weighted by Crippen LogP contribution is -2.49. The third kappa shape index (κ3) is 5.94. The fourth-order valence-corrected chi connectivity index (χ4v) is 5.91. The van der Waals surface area contributed by atoms with Crippen molar-refractivity contribution < 1.29 is 27.4 Å². The number of nitrogens with zero attached hydrogens (tertiary/aromatic N) is 5. The minimum atomic E-state index is -4.74. The third-order valence-corrected chi connectivity index (χ3v) is 7.95. The Balaban J connectivity index is 1.19. The van der Waals surface area contributed by atoms with Crippen LogP contribution in [0.4, 0.5) is 23.1 Å². The molecule has 1 aromatic carbocycles. The molecule has 0 unspecified atom stereocenters. The quantitative estimate of drug-likeness (QED) is 0.410. The van der Waals surface area contributed by atoms with E-state index in [2.05, 4.69) is 19.7 Å². The zero-order valence-corrected chi connectivity index (χ0v) is 21.9. The maximum atomic E-state index is 12.6. The fourth-order valence-electron chi connectivity index (χ4n) is 4.97. The van der Waals surface area contributed by atoms with Gasteiger partial charge in [-0.3, -0.25) is 0 Å². The largest absolute Gasteiger partial charge is 0.573 e. The van der Waals surface area contributed by atoms with Gasteiger partial charge in [-0.05, 0) is 64.0 Å². The van der Waals surface area contributed by atoms with Gasteiger partial charge in [-0.2, -0.15) is 0 Å². The number of rotatable bonds is 3. The van der Waals surface area contributed by atoms with Gasteiger partial charge in [0.2, 0.25) is 10.1 Å². The molecule has 0 saturated carbocycles. The van der Waals surface area contributed by atoms with Crippen molar-refractivity contribution in [3.8, 4) is 17.0 Å². The Kier molecular flexibility index (Phi) is 6.49. The number of ether oxygens (including phenoxy) is 2. The Labute approximate surface area is 217 Å². The molecule has 0 bridgehead atoms. The molecule has 37 heavy (non-hydrogen) atoms. The van der Waals surface area contributed by atoms with Crippen molar-refractivity contribution in [2.24, 2.45) is 5.41 Å². The number of anilines is 1. The van der Waals surface area contributed by atoms with E-state index in [1.165, 1.54) is 29.5 Å². The Morgan fingerprint density at radius 2 is 1.73 bits per heavy atom. The van der Waals surface area contributed by atoms with Crippen molar-refractivity contribution in [3.63, 3.8) is 0 Å². The molecular weight excluding hydrogens is 507 g/mol. The van der Waals surface area contributed by atoms with E-state index in [1.807, 2.05) is 25.7 Å². The number of likely N-dealkylation sites (tertiary alicyclic amines) is 1. The molecule has 200 valence electrons. The van der Waals surface area contributed by atoms with Gasteiger partial charge in [0.15, 0.2) is 0 Å². The Bertz CT molecular complexity index is 1230. The third-order valence-electron chi connectivity index (χ3n) is 6.97. The predicted molar refractivity (Wildman–Crippen MR) is 134 cm³/mol. The maximum absolute atomic E-state index is 12.6. The van der Waals surface area contributed by atoms with Gasteiger partial charge in [-0.1, -0.05) is 23.5 Å². The van der Waals surface area contributed by atoms with Gasteiger partial charge in [-0.25, -0.2) is 14.3 Å². The van der Waals surface area contributed by atoms with E-state index >= 15 is 0 Å². The van der Waals surface area contributed by atoms with E-state index in [9.17, 15) is 18.0 Å². The lowest BCUT2D eigenvalue weighted by Gasteiger charge is -2.46. The SMILES string of the molecule is CC(C)(C)OC(=O)N1CCC2(CC1)CCN(c1nn3cc(-c4cccc(OC(F)(F)F)c4)nc3s1)CC2. The van der Waals surface area contributed by atoms with E-state index in [0.29, 0.717) is 16.2 Å². The number of amides is 1. The first-order valence-electron chi connectivity index (χ1n) is 12.3. The molecule has 2 aliphatic heterocycles. The van der Waals surface area contributed by atoms with Crippen molar-refractivity contribution >= 4 is 27.5 Å². The molecule has 0 N–H and O–H groups in total. The Morgan fingerprint density at radius 1 is 1.05 bits per heavy atom. The summed E-state index contributed by atoms with van der Waals surface area (Å²) in [6.45, 7) is 8.85. The molecule has 2 aliphatic rings. The Hall–Kier alpha value is -3.02. The van der Waals surface area contributed by atoms with E-state index < -0.39 is 12.0 Å². The van der Waals surface area contributed by atoms with Crippen molar-refractivity contribution in [1.82, 2.24) is 19.5 Å². The van der Waals surface area contributed by atoms with Crippen LogP contribution in [0.15, 0.2) is 30.5 Å². The molecule has 8 nitrogen and oxygen atoms in total. The number of hydrogen-bond acceptors (Lipinski definition) is 7. The summed E-state index contributed by atoms with van der Waals surface area (Å²) >= 11 is 1.46. The molecule has 12 heteroatoms. The first kappa shape index (κ1) is 25.6. The average Bonchev–Trinajstić information content (AvgIpc) is 3.38. The van der Waals surface area contributed by atoms with Crippen LogP contribution in [0.2, 0.25) is 0 Å². The van der Waals surface area contributed by atoms with Crippen molar-refractivity contribution in [2.45, 2.75) is 58.4 Å². The van der Waals surface area contributed by atoms with Crippen LogP contribution in [-0.4, -0.2) is 63.7 Å². The van der Waals surface area contributed by atoms with E-state index in [0.717, 1.165) is 57.0 Å². The van der Waals surface area contributed by atoms with Gasteiger partial charge < -0.3 is 19.3 Å². The number of benzene rings is 1. The molecule has 4 heterocycles. The highest BCUT2D eigenvalue weighted by atomic mass is 32.1. The first-order valence-corrected chi connectivity index (χ1v) is 13.2. The van der Waals surface area contributed by atoms with Gasteiger partial charge >= 0.3 is 12.5 Å². The zero-order chi connectivity index (χ0) is 26.4. The second-order valence-corrected chi connectivity index (χ2v) is 11.7. The van der Waals surface area contributed by atoms with E-state index in [-0.39, 0.29) is 17.3 Å². The number of carbonyl (C=O) groups excluding carboxylic acids is 1. The predicted octanol–water partition coefficient (Wildman–Crippen LogP) is 5.97. The summed E-state index contributed by atoms with van der Waals surface area (Å²) in [6, 6.07) is 5.77. The summed E-state index contributed by atoms with van der Waals surface area (Å²) in [4.78, 5) is 21.7. The van der Waals surface area contributed by atoms with Crippen LogP contribution in [0.25, 0.3) is 16.2 Å². The number of imidazole rings is 1. The number of alkyl halides is 3. The highest BCUT2D eigenvalue weighted by molar-refractivity contribution is 7.20. The minimum absolute atomic E-state index is 0.232. The van der Waals surface area contributed by atoms with Crippen LogP contribution in [0.1, 0.15) is 46.5 Å². The van der Waals surface area contributed by atoms with Gasteiger partial charge in [0.25, 0.3) is 0 Å². The number of carbonyl (C=O) groups is 1. The van der Waals surface area contributed by atoms with Crippen LogP contribution in [0.5, 0.6) is 5.75 Å². The Morgan fingerprint density at radius 3 is 2.35 bits per heavy atom. The number of halogens is 3. The van der Waals surface area contributed by atoms with E-state index in [1.54, 1.807) is 16.8 Å². The normalized spacial score (nSPS) is 18.4. The van der Waals surface area contributed by atoms with Gasteiger partial charge in [0.1, 0.15) is 11.4 Å². The van der Waals surface area contributed by atoms with Gasteiger partial charge in [0, 0.05) is 31.7 Å². The van der Waals surface area contributed by atoms with Gasteiger partial charge in [0.05, 0.1) is 11.9 Å². The lowest BCUT2D eigenvalue weighted by molar-refractivity contribution is -0.274. The molecule has 0 aliphatic carbocycles. The molecule has 2 saturated heterocycles. The van der Waals surface area contributed by atoms with Crippen LogP contribution in [-0.2, 0) is 4.74 Å². The summed E-state index contributed by atoms with van der Waals surface area (Å²) < 4.78 is 48.9. The second kappa shape index (κ2) is 9.38. The number of hydrogen-bond donors (Lipinski definition) is 0. The van der Waals surface area contributed by atoms with Crippen LogP contribution < -0.4 is 9.64 Å². The molecule has 0 atom stereocenters. The topological polar surface area (TPSA) is 72.2 Å². The van der Waals surface area contributed by atoms with Crippen molar-refractivity contribution in [1.29, 1.82) is 0 Å². The standard InChI is InChI=1S/C25H30F3N5O3S/c1-23(2,3)36-22(34)32-13-9-24(10-14-32)7-11-31(12-8-24)21-30-33-16-19(29-20(33)37-21)17-5-4-6-18(15-17)35-25(26,27)28/h4-6,15-16H,7-14H2,1-3H3. The summed E-state index contributed by atoms with van der Waals surface area (Å²) in [6.07, 6.45) is 0.766. The van der Waals surface area contributed by atoms with Crippen molar-refractivity contribution in [3.05, 3.63) is 30.5 Å².